The zero-order chi connectivity index (χ0) is 36.5. The first-order chi connectivity index (χ1) is 24.5. The van der Waals surface area contributed by atoms with Crippen LogP contribution in [0.2, 0.25) is 0 Å². The zero-order valence-corrected chi connectivity index (χ0v) is 29.2. The van der Waals surface area contributed by atoms with E-state index in [9.17, 15) is 22.8 Å². The molecule has 5 rings (SSSR count). The van der Waals surface area contributed by atoms with Crippen molar-refractivity contribution in [2.45, 2.75) is 64.9 Å². The lowest BCUT2D eigenvalue weighted by atomic mass is 9.82. The standard InChI is InChI=1S/C38H43F3N4O6/c1-25-10-13-29(14-11-25)36(46)45(30(23-48-3)24-49-4)32-15-17-33(26(2)35(32)37(47)50-22-27-8-6-5-7-9-27)51-34-16-12-28(20-31(34)38(39,40)41)21-44-42-18-19-43-44/h5-9,12,15-20,25,29-30H,10-11,13-14,21-24H2,1-4H3/t25-,29-. The monoisotopic (exact) mass is 708 g/mol. The van der Waals surface area contributed by atoms with Crippen LogP contribution in [-0.4, -0.2) is 60.3 Å². The lowest BCUT2D eigenvalue weighted by Gasteiger charge is -2.37. The first-order valence-corrected chi connectivity index (χ1v) is 16.9. The van der Waals surface area contributed by atoms with Crippen LogP contribution in [0.15, 0.2) is 73.1 Å². The third kappa shape index (κ3) is 9.33. The van der Waals surface area contributed by atoms with Gasteiger partial charge in [-0.3, -0.25) is 4.79 Å². The highest BCUT2D eigenvalue weighted by atomic mass is 19.4. The molecule has 1 aliphatic rings. The second-order valence-corrected chi connectivity index (χ2v) is 12.9. The van der Waals surface area contributed by atoms with E-state index in [1.54, 1.807) is 24.0 Å². The number of benzene rings is 3. The fourth-order valence-electron chi connectivity index (χ4n) is 6.42. The molecule has 0 saturated heterocycles. The molecule has 0 unspecified atom stereocenters. The molecule has 0 spiro atoms. The van der Waals surface area contributed by atoms with Gasteiger partial charge >= 0.3 is 12.1 Å². The number of nitrogens with zero attached hydrogens (tertiary/aromatic N) is 4. The Morgan fingerprint density at radius 2 is 1.55 bits per heavy atom. The van der Waals surface area contributed by atoms with Crippen molar-refractivity contribution in [2.24, 2.45) is 11.8 Å². The first kappa shape index (κ1) is 37.5. The van der Waals surface area contributed by atoms with Crippen molar-refractivity contribution in [1.29, 1.82) is 0 Å². The predicted molar refractivity (Wildman–Crippen MR) is 184 cm³/mol. The topological polar surface area (TPSA) is 105 Å². The third-order valence-corrected chi connectivity index (χ3v) is 9.12. The van der Waals surface area contributed by atoms with Gasteiger partial charge in [0.1, 0.15) is 18.1 Å². The molecule has 1 heterocycles. The molecule has 0 atom stereocenters. The van der Waals surface area contributed by atoms with Crippen LogP contribution in [0.1, 0.15) is 65.2 Å². The number of amides is 1. The number of hydrogen-bond acceptors (Lipinski definition) is 8. The summed E-state index contributed by atoms with van der Waals surface area (Å²) in [6, 6.07) is 15.2. The van der Waals surface area contributed by atoms with Gasteiger partial charge in [0, 0.05) is 25.7 Å². The van der Waals surface area contributed by atoms with Crippen LogP contribution < -0.4 is 9.64 Å². The molecule has 0 bridgehead atoms. The minimum atomic E-state index is -4.76. The Labute approximate surface area is 295 Å². The van der Waals surface area contributed by atoms with Gasteiger partial charge in [0.15, 0.2) is 0 Å². The highest BCUT2D eigenvalue weighted by Crippen LogP contribution is 2.42. The number of halogens is 3. The van der Waals surface area contributed by atoms with Crippen molar-refractivity contribution in [3.8, 4) is 11.5 Å². The van der Waals surface area contributed by atoms with E-state index in [1.807, 2.05) is 18.2 Å². The molecule has 1 saturated carbocycles. The normalized spacial score (nSPS) is 16.2. The van der Waals surface area contributed by atoms with Gasteiger partial charge in [-0.25, -0.2) is 4.79 Å². The Hall–Kier alpha value is -4.75. The van der Waals surface area contributed by atoms with Crippen LogP contribution >= 0.6 is 0 Å². The van der Waals surface area contributed by atoms with Gasteiger partial charge in [0.25, 0.3) is 0 Å². The Bertz CT molecular complexity index is 1750. The van der Waals surface area contributed by atoms with Gasteiger partial charge in [-0.2, -0.15) is 28.2 Å². The molecule has 0 radical (unpaired) electrons. The number of hydrogen-bond donors (Lipinski definition) is 0. The Kier molecular flexibility index (Phi) is 12.5. The van der Waals surface area contributed by atoms with E-state index < -0.39 is 29.5 Å². The van der Waals surface area contributed by atoms with E-state index in [4.69, 9.17) is 18.9 Å². The molecule has 4 aromatic rings. The highest BCUT2D eigenvalue weighted by Gasteiger charge is 2.38. The molecule has 272 valence electrons. The number of rotatable bonds is 14. The summed E-state index contributed by atoms with van der Waals surface area (Å²) < 4.78 is 66.0. The summed E-state index contributed by atoms with van der Waals surface area (Å²) in [5.74, 6) is -1.22. The maximum absolute atomic E-state index is 14.4. The summed E-state index contributed by atoms with van der Waals surface area (Å²) in [7, 11) is 3.03. The predicted octanol–water partition coefficient (Wildman–Crippen LogP) is 7.62. The van der Waals surface area contributed by atoms with E-state index in [0.29, 0.717) is 24.3 Å². The molecule has 13 heteroatoms. The van der Waals surface area contributed by atoms with Crippen LogP contribution in [0, 0.1) is 18.8 Å². The van der Waals surface area contributed by atoms with E-state index in [0.717, 1.165) is 24.5 Å². The molecule has 3 aromatic carbocycles. The number of esters is 1. The second-order valence-electron chi connectivity index (χ2n) is 12.9. The Morgan fingerprint density at radius 1 is 0.902 bits per heavy atom. The SMILES string of the molecule is COCC(COC)N(c1ccc(Oc2ccc(Cn3nccn3)cc2C(F)(F)F)c(C)c1C(=O)OCc1ccccc1)C(=O)[C@H]1CC[C@H](C)CC1. The van der Waals surface area contributed by atoms with Crippen LogP contribution in [0.5, 0.6) is 11.5 Å². The van der Waals surface area contributed by atoms with E-state index >= 15 is 0 Å². The number of carbonyl (C=O) groups excluding carboxylic acids is 2. The summed E-state index contributed by atoms with van der Waals surface area (Å²) in [4.78, 5) is 31.3. The zero-order valence-electron chi connectivity index (χ0n) is 29.2. The van der Waals surface area contributed by atoms with Crippen LogP contribution in [0.3, 0.4) is 0 Å². The Morgan fingerprint density at radius 3 is 2.18 bits per heavy atom. The lowest BCUT2D eigenvalue weighted by Crippen LogP contribution is -2.49. The Balaban J connectivity index is 1.59. The van der Waals surface area contributed by atoms with E-state index in [1.165, 1.54) is 55.7 Å². The van der Waals surface area contributed by atoms with Crippen molar-refractivity contribution in [3.05, 3.63) is 101 Å². The van der Waals surface area contributed by atoms with Gasteiger partial charge in [-0.15, -0.1) is 0 Å². The molecule has 1 aliphatic carbocycles. The molecule has 0 aliphatic heterocycles. The third-order valence-electron chi connectivity index (χ3n) is 9.12. The number of ether oxygens (including phenoxy) is 4. The van der Waals surface area contributed by atoms with Crippen LogP contribution in [-0.2, 0) is 38.3 Å². The van der Waals surface area contributed by atoms with Gasteiger partial charge in [-0.05, 0) is 73.9 Å². The fraction of sp³-hybridized carbons (Fsp3) is 0.421. The van der Waals surface area contributed by atoms with Crippen LogP contribution in [0.4, 0.5) is 18.9 Å². The van der Waals surface area contributed by atoms with E-state index in [-0.39, 0.29) is 60.8 Å². The molecular formula is C38H43F3N4O6. The minimum Gasteiger partial charge on any atom is -0.457 e. The minimum absolute atomic E-state index is 0.00639. The summed E-state index contributed by atoms with van der Waals surface area (Å²) in [6.45, 7) is 3.89. The van der Waals surface area contributed by atoms with Crippen molar-refractivity contribution < 1.29 is 41.7 Å². The summed E-state index contributed by atoms with van der Waals surface area (Å²) in [5, 5.41) is 7.95. The van der Waals surface area contributed by atoms with Gasteiger partial charge in [0.2, 0.25) is 5.91 Å². The van der Waals surface area contributed by atoms with Gasteiger partial charge in [0.05, 0.1) is 55.0 Å². The van der Waals surface area contributed by atoms with Crippen molar-refractivity contribution in [3.63, 3.8) is 0 Å². The molecular weight excluding hydrogens is 665 g/mol. The quantitative estimate of drug-likeness (QED) is 0.123. The largest absolute Gasteiger partial charge is 0.457 e. The van der Waals surface area contributed by atoms with Crippen molar-refractivity contribution in [1.82, 2.24) is 15.0 Å². The maximum Gasteiger partial charge on any atom is 0.419 e. The molecule has 1 aromatic heterocycles. The first-order valence-electron chi connectivity index (χ1n) is 16.9. The van der Waals surface area contributed by atoms with E-state index in [2.05, 4.69) is 17.1 Å². The smallest absolute Gasteiger partial charge is 0.419 e. The number of methoxy groups -OCH3 is 2. The molecule has 1 fully saturated rings. The number of alkyl halides is 3. The summed E-state index contributed by atoms with van der Waals surface area (Å²) in [5.41, 5.74) is 0.474. The molecule has 0 N–H and O–H groups in total. The van der Waals surface area contributed by atoms with Crippen molar-refractivity contribution in [2.75, 3.05) is 32.3 Å². The van der Waals surface area contributed by atoms with Gasteiger partial charge < -0.3 is 23.8 Å². The van der Waals surface area contributed by atoms with Crippen molar-refractivity contribution >= 4 is 17.6 Å². The van der Waals surface area contributed by atoms with Gasteiger partial charge in [-0.1, -0.05) is 43.3 Å². The second kappa shape index (κ2) is 17.0. The summed E-state index contributed by atoms with van der Waals surface area (Å²) in [6.07, 6.45) is 1.26. The number of carbonyl (C=O) groups is 2. The fourth-order valence-corrected chi connectivity index (χ4v) is 6.42. The molecule has 1 amide bonds. The lowest BCUT2D eigenvalue weighted by molar-refractivity contribution is -0.138. The number of aromatic nitrogens is 3. The molecule has 10 nitrogen and oxygen atoms in total. The summed E-state index contributed by atoms with van der Waals surface area (Å²) >= 11 is 0. The average molecular weight is 709 g/mol. The highest BCUT2D eigenvalue weighted by molar-refractivity contribution is 6.05. The average Bonchev–Trinajstić information content (AvgIpc) is 3.62. The number of anilines is 1. The maximum atomic E-state index is 14.4. The van der Waals surface area contributed by atoms with Crippen LogP contribution in [0.25, 0.3) is 0 Å². The molecule has 51 heavy (non-hydrogen) atoms.